The normalized spacial score (nSPS) is 12.1. The van der Waals surface area contributed by atoms with Crippen LogP contribution in [0.5, 0.6) is 0 Å². The maximum atomic E-state index is 10.8. The third-order valence-electron chi connectivity index (χ3n) is 2.72. The van der Waals surface area contributed by atoms with Crippen molar-refractivity contribution in [1.82, 2.24) is 10.2 Å². The lowest BCUT2D eigenvalue weighted by molar-refractivity contribution is -0.384. The first-order chi connectivity index (χ1) is 9.20. The molecule has 0 bridgehead atoms. The van der Waals surface area contributed by atoms with E-state index >= 15 is 0 Å². The predicted octanol–water partition coefficient (Wildman–Crippen LogP) is 3.40. The number of hydrogen-bond donors (Lipinski definition) is 1. The molecule has 0 aliphatic carbocycles. The Labute approximate surface area is 114 Å². The van der Waals surface area contributed by atoms with E-state index in [0.717, 1.165) is 23.5 Å². The number of nitrogens with zero attached hydrogens (tertiary/aromatic N) is 3. The standard InChI is InChI=1S/C12H14N4O2S/c1-2-4-11(14-12-15-13-8-19-12)9-5-3-6-10(7-9)16(17)18/h3,5-8,11H,2,4H2,1H3,(H,14,15). The second kappa shape index (κ2) is 6.24. The zero-order valence-corrected chi connectivity index (χ0v) is 11.3. The molecule has 19 heavy (non-hydrogen) atoms. The molecule has 1 aromatic heterocycles. The summed E-state index contributed by atoms with van der Waals surface area (Å²) in [6.07, 6.45) is 1.85. The van der Waals surface area contributed by atoms with Crippen molar-refractivity contribution < 1.29 is 4.92 Å². The van der Waals surface area contributed by atoms with Crippen LogP contribution >= 0.6 is 11.3 Å². The van der Waals surface area contributed by atoms with E-state index in [1.807, 2.05) is 6.07 Å². The van der Waals surface area contributed by atoms with Gasteiger partial charge in [-0.15, -0.1) is 10.2 Å². The number of anilines is 1. The molecule has 2 aromatic rings. The largest absolute Gasteiger partial charge is 0.353 e. The molecule has 0 radical (unpaired) electrons. The molecule has 1 unspecified atom stereocenters. The molecule has 0 aliphatic rings. The zero-order chi connectivity index (χ0) is 13.7. The fraction of sp³-hybridized carbons (Fsp3) is 0.333. The highest BCUT2D eigenvalue weighted by molar-refractivity contribution is 7.13. The Morgan fingerprint density at radius 1 is 1.53 bits per heavy atom. The van der Waals surface area contributed by atoms with Crippen molar-refractivity contribution >= 4 is 22.2 Å². The highest BCUT2D eigenvalue weighted by Gasteiger charge is 2.15. The Kier molecular flexibility index (Phi) is 4.40. The molecule has 1 heterocycles. The van der Waals surface area contributed by atoms with Gasteiger partial charge in [-0.25, -0.2) is 0 Å². The van der Waals surface area contributed by atoms with Gasteiger partial charge in [0.25, 0.3) is 5.69 Å². The topological polar surface area (TPSA) is 81.0 Å². The summed E-state index contributed by atoms with van der Waals surface area (Å²) in [6.45, 7) is 2.08. The smallest absolute Gasteiger partial charge is 0.269 e. The fourth-order valence-corrected chi connectivity index (χ4v) is 2.35. The second-order valence-corrected chi connectivity index (χ2v) is 4.91. The summed E-state index contributed by atoms with van der Waals surface area (Å²) in [5.41, 5.74) is 2.66. The van der Waals surface area contributed by atoms with E-state index in [0.29, 0.717) is 0 Å². The zero-order valence-electron chi connectivity index (χ0n) is 10.4. The maximum Gasteiger partial charge on any atom is 0.269 e. The number of nitro benzene ring substituents is 1. The van der Waals surface area contributed by atoms with Gasteiger partial charge in [0.2, 0.25) is 5.13 Å². The molecule has 7 heteroatoms. The van der Waals surface area contributed by atoms with Gasteiger partial charge in [0.15, 0.2) is 0 Å². The SMILES string of the molecule is CCCC(Nc1nncs1)c1cccc([N+](=O)[O-])c1. The van der Waals surface area contributed by atoms with Crippen molar-refractivity contribution in [2.45, 2.75) is 25.8 Å². The number of aromatic nitrogens is 2. The van der Waals surface area contributed by atoms with Gasteiger partial charge in [-0.2, -0.15) is 0 Å². The van der Waals surface area contributed by atoms with Crippen molar-refractivity contribution in [2.24, 2.45) is 0 Å². The van der Waals surface area contributed by atoms with Crippen molar-refractivity contribution in [3.05, 3.63) is 45.5 Å². The van der Waals surface area contributed by atoms with E-state index < -0.39 is 0 Å². The van der Waals surface area contributed by atoms with E-state index in [-0.39, 0.29) is 16.7 Å². The summed E-state index contributed by atoms with van der Waals surface area (Å²) in [7, 11) is 0. The number of nitrogens with one attached hydrogen (secondary N) is 1. The number of rotatable bonds is 6. The average Bonchev–Trinajstić information content (AvgIpc) is 2.91. The first-order valence-corrected chi connectivity index (χ1v) is 6.85. The summed E-state index contributed by atoms with van der Waals surface area (Å²) in [6, 6.07) is 6.71. The first kappa shape index (κ1) is 13.4. The summed E-state index contributed by atoms with van der Waals surface area (Å²) in [5.74, 6) is 0. The molecule has 1 N–H and O–H groups in total. The molecule has 0 saturated carbocycles. The lowest BCUT2D eigenvalue weighted by Crippen LogP contribution is -2.10. The van der Waals surface area contributed by atoms with Crippen LogP contribution in [0.4, 0.5) is 10.8 Å². The Hall–Kier alpha value is -2.02. The van der Waals surface area contributed by atoms with Gasteiger partial charge in [-0.3, -0.25) is 10.1 Å². The van der Waals surface area contributed by atoms with Crippen LogP contribution in [0, 0.1) is 10.1 Å². The van der Waals surface area contributed by atoms with Gasteiger partial charge in [0.1, 0.15) is 5.51 Å². The summed E-state index contributed by atoms with van der Waals surface area (Å²) in [4.78, 5) is 10.4. The summed E-state index contributed by atoms with van der Waals surface area (Å²) < 4.78 is 0. The Balaban J connectivity index is 2.22. The van der Waals surface area contributed by atoms with Crippen LogP contribution in [0.1, 0.15) is 31.4 Å². The number of nitro groups is 1. The number of benzene rings is 1. The van der Waals surface area contributed by atoms with Gasteiger partial charge < -0.3 is 5.32 Å². The quantitative estimate of drug-likeness (QED) is 0.647. The molecule has 0 amide bonds. The molecule has 0 aliphatic heterocycles. The van der Waals surface area contributed by atoms with E-state index in [1.165, 1.54) is 17.4 Å². The van der Waals surface area contributed by atoms with Crippen LogP contribution in [-0.4, -0.2) is 15.1 Å². The predicted molar refractivity (Wildman–Crippen MR) is 74.3 cm³/mol. The van der Waals surface area contributed by atoms with E-state index in [4.69, 9.17) is 0 Å². The molecule has 0 fully saturated rings. The minimum atomic E-state index is -0.378. The Morgan fingerprint density at radius 2 is 2.37 bits per heavy atom. The summed E-state index contributed by atoms with van der Waals surface area (Å²) >= 11 is 1.42. The summed E-state index contributed by atoms with van der Waals surface area (Å²) in [5, 5.41) is 22.5. The van der Waals surface area contributed by atoms with Crippen molar-refractivity contribution in [1.29, 1.82) is 0 Å². The van der Waals surface area contributed by atoms with Crippen LogP contribution in [0.2, 0.25) is 0 Å². The average molecular weight is 278 g/mol. The van der Waals surface area contributed by atoms with E-state index in [1.54, 1.807) is 17.6 Å². The van der Waals surface area contributed by atoms with Crippen LogP contribution in [-0.2, 0) is 0 Å². The van der Waals surface area contributed by atoms with Crippen molar-refractivity contribution in [3.8, 4) is 0 Å². The van der Waals surface area contributed by atoms with Crippen molar-refractivity contribution in [3.63, 3.8) is 0 Å². The Morgan fingerprint density at radius 3 is 3.00 bits per heavy atom. The molecule has 1 aromatic carbocycles. The number of hydrogen-bond acceptors (Lipinski definition) is 6. The second-order valence-electron chi connectivity index (χ2n) is 4.08. The van der Waals surface area contributed by atoms with Gasteiger partial charge in [0, 0.05) is 12.1 Å². The van der Waals surface area contributed by atoms with Crippen LogP contribution in [0.15, 0.2) is 29.8 Å². The lowest BCUT2D eigenvalue weighted by Gasteiger charge is -2.17. The molecule has 100 valence electrons. The first-order valence-electron chi connectivity index (χ1n) is 5.97. The molecular weight excluding hydrogens is 264 g/mol. The minimum absolute atomic E-state index is 0.0119. The third kappa shape index (κ3) is 3.47. The van der Waals surface area contributed by atoms with Crippen LogP contribution in [0.3, 0.4) is 0 Å². The highest BCUT2D eigenvalue weighted by Crippen LogP contribution is 2.27. The lowest BCUT2D eigenvalue weighted by atomic mass is 10.0. The molecule has 0 spiro atoms. The monoisotopic (exact) mass is 278 g/mol. The van der Waals surface area contributed by atoms with E-state index in [2.05, 4.69) is 22.4 Å². The highest BCUT2D eigenvalue weighted by atomic mass is 32.1. The van der Waals surface area contributed by atoms with E-state index in [9.17, 15) is 10.1 Å². The van der Waals surface area contributed by atoms with Crippen LogP contribution in [0.25, 0.3) is 0 Å². The van der Waals surface area contributed by atoms with Crippen molar-refractivity contribution in [2.75, 3.05) is 5.32 Å². The number of non-ortho nitro benzene ring substituents is 1. The van der Waals surface area contributed by atoms with Crippen LogP contribution < -0.4 is 5.32 Å². The van der Waals surface area contributed by atoms with Gasteiger partial charge in [-0.05, 0) is 12.0 Å². The molecule has 6 nitrogen and oxygen atoms in total. The maximum absolute atomic E-state index is 10.8. The van der Waals surface area contributed by atoms with Gasteiger partial charge in [-0.1, -0.05) is 36.8 Å². The van der Waals surface area contributed by atoms with Gasteiger partial charge >= 0.3 is 0 Å². The third-order valence-corrected chi connectivity index (χ3v) is 3.34. The minimum Gasteiger partial charge on any atom is -0.353 e. The Bertz CT molecular complexity index is 544. The molecule has 0 saturated heterocycles. The molecular formula is C12H14N4O2S. The fourth-order valence-electron chi connectivity index (χ4n) is 1.85. The molecule has 2 rings (SSSR count). The van der Waals surface area contributed by atoms with Gasteiger partial charge in [0.05, 0.1) is 11.0 Å². The molecule has 1 atom stereocenters.